The SMILES string of the molecule is Cc1ccccc1CS(=O)(=O)NCc1cccc(CN2CCCCC2)c1. The second kappa shape index (κ2) is 8.80. The largest absolute Gasteiger partial charge is 0.299 e. The molecule has 1 aliphatic heterocycles. The van der Waals surface area contributed by atoms with Gasteiger partial charge in [0.25, 0.3) is 0 Å². The zero-order valence-electron chi connectivity index (χ0n) is 15.4. The minimum atomic E-state index is -3.36. The van der Waals surface area contributed by atoms with Crippen LogP contribution in [0.3, 0.4) is 0 Å². The van der Waals surface area contributed by atoms with Gasteiger partial charge in [-0.05, 0) is 55.1 Å². The fourth-order valence-electron chi connectivity index (χ4n) is 3.43. The molecule has 26 heavy (non-hydrogen) atoms. The number of nitrogens with zero attached hydrogens (tertiary/aromatic N) is 1. The summed E-state index contributed by atoms with van der Waals surface area (Å²) < 4.78 is 27.6. The van der Waals surface area contributed by atoms with Gasteiger partial charge in [-0.25, -0.2) is 13.1 Å². The van der Waals surface area contributed by atoms with Gasteiger partial charge in [-0.2, -0.15) is 0 Å². The molecule has 5 heteroatoms. The highest BCUT2D eigenvalue weighted by atomic mass is 32.2. The Morgan fingerprint density at radius 2 is 1.69 bits per heavy atom. The monoisotopic (exact) mass is 372 g/mol. The summed E-state index contributed by atoms with van der Waals surface area (Å²) in [5.74, 6) is 0.0210. The van der Waals surface area contributed by atoms with E-state index in [-0.39, 0.29) is 5.75 Å². The summed E-state index contributed by atoms with van der Waals surface area (Å²) in [7, 11) is -3.36. The van der Waals surface area contributed by atoms with E-state index >= 15 is 0 Å². The molecule has 140 valence electrons. The van der Waals surface area contributed by atoms with Crippen molar-refractivity contribution in [3.05, 3.63) is 70.8 Å². The minimum Gasteiger partial charge on any atom is -0.299 e. The molecule has 0 aliphatic carbocycles. The summed E-state index contributed by atoms with van der Waals surface area (Å²) in [6.45, 7) is 5.54. The van der Waals surface area contributed by atoms with Crippen LogP contribution in [0, 0.1) is 6.92 Å². The maximum atomic E-state index is 12.4. The molecule has 0 bridgehead atoms. The van der Waals surface area contributed by atoms with Crippen molar-refractivity contribution in [3.63, 3.8) is 0 Å². The van der Waals surface area contributed by atoms with Gasteiger partial charge in [0.15, 0.2) is 0 Å². The molecule has 0 radical (unpaired) electrons. The van der Waals surface area contributed by atoms with Gasteiger partial charge in [-0.3, -0.25) is 4.90 Å². The molecular weight excluding hydrogens is 344 g/mol. The molecule has 0 saturated carbocycles. The first-order valence-electron chi connectivity index (χ1n) is 9.34. The lowest BCUT2D eigenvalue weighted by molar-refractivity contribution is 0.221. The third-order valence-corrected chi connectivity index (χ3v) is 6.22. The first-order valence-corrected chi connectivity index (χ1v) is 11.0. The lowest BCUT2D eigenvalue weighted by Crippen LogP contribution is -2.29. The number of sulfonamides is 1. The van der Waals surface area contributed by atoms with Crippen LogP contribution in [0.5, 0.6) is 0 Å². The van der Waals surface area contributed by atoms with Crippen molar-refractivity contribution in [1.82, 2.24) is 9.62 Å². The first kappa shape index (κ1) is 19.1. The molecule has 1 aliphatic rings. The van der Waals surface area contributed by atoms with Gasteiger partial charge >= 0.3 is 0 Å². The Kier molecular flexibility index (Phi) is 6.46. The maximum absolute atomic E-state index is 12.4. The second-order valence-electron chi connectivity index (χ2n) is 7.16. The molecular formula is C21H28N2O2S. The number of piperidine rings is 1. The molecule has 1 N–H and O–H groups in total. The van der Waals surface area contributed by atoms with Crippen LogP contribution >= 0.6 is 0 Å². The molecule has 2 aromatic carbocycles. The van der Waals surface area contributed by atoms with Gasteiger partial charge in [0.2, 0.25) is 10.0 Å². The van der Waals surface area contributed by atoms with Crippen molar-refractivity contribution in [3.8, 4) is 0 Å². The van der Waals surface area contributed by atoms with Crippen molar-refractivity contribution in [1.29, 1.82) is 0 Å². The Bertz CT molecular complexity index is 827. The number of benzene rings is 2. The smallest absolute Gasteiger partial charge is 0.216 e. The van der Waals surface area contributed by atoms with Gasteiger partial charge in [0.1, 0.15) is 0 Å². The molecule has 0 spiro atoms. The Morgan fingerprint density at radius 1 is 0.962 bits per heavy atom. The Balaban J connectivity index is 1.58. The fraction of sp³-hybridized carbons (Fsp3) is 0.429. The molecule has 0 amide bonds. The van der Waals surface area contributed by atoms with Crippen molar-refractivity contribution < 1.29 is 8.42 Å². The quantitative estimate of drug-likeness (QED) is 0.808. The van der Waals surface area contributed by atoms with Gasteiger partial charge in [-0.1, -0.05) is 55.0 Å². The third kappa shape index (κ3) is 5.66. The lowest BCUT2D eigenvalue weighted by Gasteiger charge is -2.26. The predicted octanol–water partition coefficient (Wildman–Crippen LogP) is 3.60. The van der Waals surface area contributed by atoms with Crippen LogP contribution in [0.25, 0.3) is 0 Å². The maximum Gasteiger partial charge on any atom is 0.216 e. The van der Waals surface area contributed by atoms with E-state index in [4.69, 9.17) is 0 Å². The highest BCUT2D eigenvalue weighted by Gasteiger charge is 2.14. The van der Waals surface area contributed by atoms with E-state index < -0.39 is 10.0 Å². The summed E-state index contributed by atoms with van der Waals surface area (Å²) in [5, 5.41) is 0. The molecule has 4 nitrogen and oxygen atoms in total. The Morgan fingerprint density at radius 3 is 2.46 bits per heavy atom. The van der Waals surface area contributed by atoms with E-state index in [2.05, 4.69) is 21.8 Å². The predicted molar refractivity (Wildman–Crippen MR) is 106 cm³/mol. The van der Waals surface area contributed by atoms with Crippen LogP contribution < -0.4 is 4.72 Å². The minimum absolute atomic E-state index is 0.0210. The molecule has 0 unspecified atom stereocenters. The average molecular weight is 373 g/mol. The number of rotatable bonds is 7. The van der Waals surface area contributed by atoms with Crippen molar-refractivity contribution >= 4 is 10.0 Å². The molecule has 2 aromatic rings. The summed E-state index contributed by atoms with van der Waals surface area (Å²) >= 11 is 0. The summed E-state index contributed by atoms with van der Waals surface area (Å²) in [4.78, 5) is 2.48. The van der Waals surface area contributed by atoms with Gasteiger partial charge in [0, 0.05) is 13.1 Å². The van der Waals surface area contributed by atoms with E-state index in [1.54, 1.807) is 0 Å². The molecule has 0 atom stereocenters. The van der Waals surface area contributed by atoms with Crippen LogP contribution in [-0.2, 0) is 28.9 Å². The van der Waals surface area contributed by atoms with Gasteiger partial charge in [0.05, 0.1) is 5.75 Å². The van der Waals surface area contributed by atoms with Gasteiger partial charge < -0.3 is 0 Å². The molecule has 3 rings (SSSR count). The summed E-state index contributed by atoms with van der Waals surface area (Å²) in [6, 6.07) is 15.8. The highest BCUT2D eigenvalue weighted by Crippen LogP contribution is 2.15. The third-order valence-electron chi connectivity index (χ3n) is 4.95. The molecule has 0 aromatic heterocycles. The zero-order chi connectivity index (χ0) is 18.4. The van der Waals surface area contributed by atoms with Crippen LogP contribution in [0.15, 0.2) is 48.5 Å². The molecule has 1 heterocycles. The summed E-state index contributed by atoms with van der Waals surface area (Å²) in [6.07, 6.45) is 3.88. The number of nitrogens with one attached hydrogen (secondary N) is 1. The number of hydrogen-bond donors (Lipinski definition) is 1. The molecule has 1 saturated heterocycles. The van der Waals surface area contributed by atoms with E-state index in [0.717, 1.165) is 36.3 Å². The summed E-state index contributed by atoms with van der Waals surface area (Å²) in [5.41, 5.74) is 4.11. The number of hydrogen-bond acceptors (Lipinski definition) is 3. The van der Waals surface area contributed by atoms with Crippen molar-refractivity contribution in [2.24, 2.45) is 0 Å². The second-order valence-corrected chi connectivity index (χ2v) is 8.97. The highest BCUT2D eigenvalue weighted by molar-refractivity contribution is 7.88. The fourth-order valence-corrected chi connectivity index (χ4v) is 4.66. The lowest BCUT2D eigenvalue weighted by atomic mass is 10.1. The van der Waals surface area contributed by atoms with E-state index in [1.165, 1.54) is 24.8 Å². The zero-order valence-corrected chi connectivity index (χ0v) is 16.3. The van der Waals surface area contributed by atoms with Crippen molar-refractivity contribution in [2.75, 3.05) is 13.1 Å². The number of likely N-dealkylation sites (tertiary alicyclic amines) is 1. The van der Waals surface area contributed by atoms with E-state index in [9.17, 15) is 8.42 Å². The van der Waals surface area contributed by atoms with Crippen LogP contribution in [-0.4, -0.2) is 26.4 Å². The van der Waals surface area contributed by atoms with E-state index in [1.807, 2.05) is 43.3 Å². The van der Waals surface area contributed by atoms with Crippen LogP contribution in [0.2, 0.25) is 0 Å². The van der Waals surface area contributed by atoms with Crippen LogP contribution in [0.4, 0.5) is 0 Å². The topological polar surface area (TPSA) is 49.4 Å². The van der Waals surface area contributed by atoms with Crippen LogP contribution in [0.1, 0.15) is 41.5 Å². The molecule has 1 fully saturated rings. The standard InChI is InChI=1S/C21H28N2O2S/c1-18-8-3-4-11-21(18)17-26(24,25)22-15-19-9-7-10-20(14-19)16-23-12-5-2-6-13-23/h3-4,7-11,14,22H,2,5-6,12-13,15-17H2,1H3. The van der Waals surface area contributed by atoms with E-state index in [0.29, 0.717) is 6.54 Å². The number of aryl methyl sites for hydroxylation is 1. The normalized spacial score (nSPS) is 15.9. The van der Waals surface area contributed by atoms with Crippen molar-refractivity contribution in [2.45, 2.75) is 45.0 Å². The average Bonchev–Trinajstić information content (AvgIpc) is 2.63. The Hall–Kier alpha value is -1.69. The van der Waals surface area contributed by atoms with Gasteiger partial charge in [-0.15, -0.1) is 0 Å². The first-order chi connectivity index (χ1) is 12.5. The Labute approximate surface area is 157 Å².